The van der Waals surface area contributed by atoms with E-state index in [1.165, 1.54) is 5.56 Å². The fraction of sp³-hybridized carbons (Fsp3) is 0.316. The Morgan fingerprint density at radius 1 is 1.24 bits per heavy atom. The van der Waals surface area contributed by atoms with E-state index in [-0.39, 0.29) is 11.3 Å². The van der Waals surface area contributed by atoms with Crippen molar-refractivity contribution in [2.24, 2.45) is 0 Å². The van der Waals surface area contributed by atoms with Gasteiger partial charge in [0.25, 0.3) is 5.91 Å². The van der Waals surface area contributed by atoms with Gasteiger partial charge >= 0.3 is 0 Å². The zero-order valence-corrected chi connectivity index (χ0v) is 15.5. The number of hydrogen-bond donors (Lipinski definition) is 1. The minimum Gasteiger partial charge on any atom is -0.352 e. The van der Waals surface area contributed by atoms with Crippen molar-refractivity contribution >= 4 is 17.2 Å². The number of carbonyl (C=O) groups excluding carboxylic acids is 1. The van der Waals surface area contributed by atoms with Gasteiger partial charge in [-0.3, -0.25) is 4.79 Å². The summed E-state index contributed by atoms with van der Waals surface area (Å²) < 4.78 is 1.74. The van der Waals surface area contributed by atoms with E-state index < -0.39 is 0 Å². The summed E-state index contributed by atoms with van der Waals surface area (Å²) in [5.74, 6) is -0.0528. The number of nitrogens with one attached hydrogen (secondary N) is 1. The van der Waals surface area contributed by atoms with Gasteiger partial charge in [-0.1, -0.05) is 32.9 Å². The van der Waals surface area contributed by atoms with Crippen LogP contribution in [0.3, 0.4) is 0 Å². The van der Waals surface area contributed by atoms with Gasteiger partial charge in [0.1, 0.15) is 0 Å². The highest BCUT2D eigenvalue weighted by atomic mass is 32.1. The Bertz CT molecular complexity index is 829. The quantitative estimate of drug-likeness (QED) is 0.761. The number of thiazole rings is 1. The van der Waals surface area contributed by atoms with Crippen molar-refractivity contribution in [2.75, 3.05) is 6.54 Å². The minimum absolute atomic E-state index is 0.0528. The van der Waals surface area contributed by atoms with E-state index in [0.29, 0.717) is 18.5 Å². The van der Waals surface area contributed by atoms with Crippen molar-refractivity contribution in [1.82, 2.24) is 20.1 Å². The van der Waals surface area contributed by atoms with Gasteiger partial charge in [0, 0.05) is 36.3 Å². The molecular formula is C19H22N4OS. The SMILES string of the molecule is CC(C)(C)c1ccc(C(=O)NCCc2csc(-n3cccn3)n2)cc1. The summed E-state index contributed by atoms with van der Waals surface area (Å²) >= 11 is 1.54. The van der Waals surface area contributed by atoms with Crippen LogP contribution in [0.2, 0.25) is 0 Å². The maximum absolute atomic E-state index is 12.2. The van der Waals surface area contributed by atoms with Gasteiger partial charge < -0.3 is 5.32 Å². The Hall–Kier alpha value is -2.47. The van der Waals surface area contributed by atoms with Crippen LogP contribution in [0.25, 0.3) is 5.13 Å². The monoisotopic (exact) mass is 354 g/mol. The normalized spacial score (nSPS) is 11.5. The third-order valence-corrected chi connectivity index (χ3v) is 4.80. The summed E-state index contributed by atoms with van der Waals surface area (Å²) in [6, 6.07) is 9.67. The van der Waals surface area contributed by atoms with Gasteiger partial charge in [0.15, 0.2) is 0 Å². The molecule has 6 heteroatoms. The highest BCUT2D eigenvalue weighted by molar-refractivity contribution is 7.12. The van der Waals surface area contributed by atoms with Crippen LogP contribution >= 0.6 is 11.3 Å². The maximum atomic E-state index is 12.2. The maximum Gasteiger partial charge on any atom is 0.251 e. The third-order valence-electron chi connectivity index (χ3n) is 3.92. The van der Waals surface area contributed by atoms with Crippen molar-refractivity contribution in [3.8, 4) is 5.13 Å². The molecule has 1 aromatic carbocycles. The average Bonchev–Trinajstić information content (AvgIpc) is 3.25. The molecule has 0 saturated carbocycles. The van der Waals surface area contributed by atoms with Crippen LogP contribution in [-0.2, 0) is 11.8 Å². The molecule has 0 bridgehead atoms. The van der Waals surface area contributed by atoms with Crippen molar-refractivity contribution in [3.05, 3.63) is 64.9 Å². The molecule has 0 atom stereocenters. The highest BCUT2D eigenvalue weighted by Gasteiger charge is 2.14. The first-order valence-electron chi connectivity index (χ1n) is 8.26. The Labute approximate surface area is 151 Å². The summed E-state index contributed by atoms with van der Waals surface area (Å²) in [7, 11) is 0. The molecule has 3 rings (SSSR count). The molecule has 0 radical (unpaired) electrons. The van der Waals surface area contributed by atoms with Gasteiger partial charge in [-0.05, 0) is 29.2 Å². The topological polar surface area (TPSA) is 59.8 Å². The Morgan fingerprint density at radius 2 is 2.00 bits per heavy atom. The van der Waals surface area contributed by atoms with Crippen LogP contribution in [0.5, 0.6) is 0 Å². The predicted octanol–water partition coefficient (Wildman–Crippen LogP) is 3.60. The number of amides is 1. The molecule has 1 amide bonds. The standard InChI is InChI=1S/C19H22N4OS/c1-19(2,3)15-7-5-14(6-8-15)17(24)20-11-9-16-13-25-18(22-16)23-12-4-10-21-23/h4-8,10,12-13H,9,11H2,1-3H3,(H,20,24). The number of hydrogen-bond acceptors (Lipinski definition) is 4. The lowest BCUT2D eigenvalue weighted by Crippen LogP contribution is -2.26. The van der Waals surface area contributed by atoms with Crippen molar-refractivity contribution in [3.63, 3.8) is 0 Å². The first-order valence-corrected chi connectivity index (χ1v) is 9.14. The predicted molar refractivity (Wildman–Crippen MR) is 100 cm³/mol. The van der Waals surface area contributed by atoms with Gasteiger partial charge in [0.05, 0.1) is 5.69 Å². The molecule has 3 aromatic rings. The molecule has 130 valence electrons. The number of aromatic nitrogens is 3. The number of rotatable bonds is 5. The summed E-state index contributed by atoms with van der Waals surface area (Å²) in [5, 5.41) is 9.96. The molecule has 0 saturated heterocycles. The molecule has 2 heterocycles. The Balaban J connectivity index is 1.53. The van der Waals surface area contributed by atoms with Gasteiger partial charge in [-0.2, -0.15) is 5.10 Å². The Morgan fingerprint density at radius 3 is 2.64 bits per heavy atom. The van der Waals surface area contributed by atoms with Crippen molar-refractivity contribution in [1.29, 1.82) is 0 Å². The fourth-order valence-corrected chi connectivity index (χ4v) is 3.22. The fourth-order valence-electron chi connectivity index (χ4n) is 2.43. The molecule has 0 aliphatic heterocycles. The lowest BCUT2D eigenvalue weighted by molar-refractivity contribution is 0.0954. The molecule has 5 nitrogen and oxygen atoms in total. The first kappa shape index (κ1) is 17.4. The second kappa shape index (κ2) is 7.19. The second-order valence-electron chi connectivity index (χ2n) is 6.91. The van der Waals surface area contributed by atoms with Crippen LogP contribution < -0.4 is 5.32 Å². The molecule has 0 unspecified atom stereocenters. The van der Waals surface area contributed by atoms with Gasteiger partial charge in [0.2, 0.25) is 5.13 Å². The molecule has 1 N–H and O–H groups in total. The second-order valence-corrected chi connectivity index (χ2v) is 7.74. The number of nitrogens with zero attached hydrogens (tertiary/aromatic N) is 3. The van der Waals surface area contributed by atoms with E-state index >= 15 is 0 Å². The average molecular weight is 354 g/mol. The van der Waals surface area contributed by atoms with Gasteiger partial charge in [-0.25, -0.2) is 9.67 Å². The molecule has 0 aliphatic carbocycles. The first-order chi connectivity index (χ1) is 11.9. The van der Waals surface area contributed by atoms with E-state index in [2.05, 4.69) is 36.2 Å². The highest BCUT2D eigenvalue weighted by Crippen LogP contribution is 2.22. The number of carbonyl (C=O) groups is 1. The lowest BCUT2D eigenvalue weighted by atomic mass is 9.87. The van der Waals surface area contributed by atoms with Crippen molar-refractivity contribution < 1.29 is 4.79 Å². The minimum atomic E-state index is -0.0528. The molecule has 0 fully saturated rings. The van der Waals surface area contributed by atoms with E-state index in [9.17, 15) is 4.79 Å². The zero-order chi connectivity index (χ0) is 17.9. The van der Waals surface area contributed by atoms with Crippen LogP contribution in [0.1, 0.15) is 42.4 Å². The summed E-state index contributed by atoms with van der Waals surface area (Å²) in [5.41, 5.74) is 2.95. The number of benzene rings is 1. The van der Waals surface area contributed by atoms with Gasteiger partial charge in [-0.15, -0.1) is 11.3 Å². The summed E-state index contributed by atoms with van der Waals surface area (Å²) in [6.07, 6.45) is 4.29. The van der Waals surface area contributed by atoms with Crippen LogP contribution in [-0.4, -0.2) is 27.2 Å². The Kier molecular flexibility index (Phi) is 4.99. The van der Waals surface area contributed by atoms with E-state index in [4.69, 9.17) is 0 Å². The zero-order valence-electron chi connectivity index (χ0n) is 14.7. The van der Waals surface area contributed by atoms with E-state index in [0.717, 1.165) is 10.8 Å². The van der Waals surface area contributed by atoms with E-state index in [1.807, 2.05) is 41.9 Å². The largest absolute Gasteiger partial charge is 0.352 e. The molecule has 0 aliphatic rings. The van der Waals surface area contributed by atoms with E-state index in [1.54, 1.807) is 22.2 Å². The smallest absolute Gasteiger partial charge is 0.251 e. The van der Waals surface area contributed by atoms with Crippen molar-refractivity contribution in [2.45, 2.75) is 32.6 Å². The molecule has 2 aromatic heterocycles. The van der Waals surface area contributed by atoms with Crippen LogP contribution in [0, 0.1) is 0 Å². The summed E-state index contributed by atoms with van der Waals surface area (Å²) in [6.45, 7) is 7.04. The molecule has 25 heavy (non-hydrogen) atoms. The summed E-state index contributed by atoms with van der Waals surface area (Å²) in [4.78, 5) is 16.8. The third kappa shape index (κ3) is 4.33. The lowest BCUT2D eigenvalue weighted by Gasteiger charge is -2.19. The van der Waals surface area contributed by atoms with Crippen LogP contribution in [0.15, 0.2) is 48.1 Å². The molecular weight excluding hydrogens is 332 g/mol. The van der Waals surface area contributed by atoms with Crippen LogP contribution in [0.4, 0.5) is 0 Å². The molecule has 0 spiro atoms.